The number of amides is 1. The molecule has 1 aromatic heterocycles. The lowest BCUT2D eigenvalue weighted by Gasteiger charge is -2.20. The van der Waals surface area contributed by atoms with Crippen molar-refractivity contribution in [3.63, 3.8) is 0 Å². The summed E-state index contributed by atoms with van der Waals surface area (Å²) in [5, 5.41) is 3.01. The number of nitrogen functional groups attached to an aromatic ring is 1. The predicted molar refractivity (Wildman–Crippen MR) is 81.0 cm³/mol. The molecule has 0 aliphatic rings. The van der Waals surface area contributed by atoms with E-state index in [0.29, 0.717) is 13.1 Å². The third-order valence-electron chi connectivity index (χ3n) is 2.88. The van der Waals surface area contributed by atoms with Crippen LogP contribution in [0.25, 0.3) is 0 Å². The summed E-state index contributed by atoms with van der Waals surface area (Å²) in [6.07, 6.45) is 0. The molecule has 0 aliphatic carbocycles. The summed E-state index contributed by atoms with van der Waals surface area (Å²) in [5.74, 6) is -0.355. The van der Waals surface area contributed by atoms with Gasteiger partial charge in [0.05, 0.1) is 17.2 Å². The molecular formula is C14H18N4OS. The molecule has 0 atom stereocenters. The number of hydrogen-bond donors (Lipinski definition) is 2. The molecule has 0 spiro atoms. The van der Waals surface area contributed by atoms with Gasteiger partial charge in [0, 0.05) is 24.2 Å². The molecule has 0 saturated heterocycles. The molecule has 0 saturated carbocycles. The van der Waals surface area contributed by atoms with Crippen LogP contribution in [0, 0.1) is 6.92 Å². The number of hydrogen-bond acceptors (Lipinski definition) is 5. The Bertz CT molecular complexity index is 596. The summed E-state index contributed by atoms with van der Waals surface area (Å²) >= 11 is 1.60. The molecule has 2 aromatic rings. The normalized spacial score (nSPS) is 10.9. The number of anilines is 1. The Morgan fingerprint density at radius 2 is 2.10 bits per heavy atom. The molecule has 4 N–H and O–H groups in total. The molecule has 1 heterocycles. The molecule has 1 aromatic carbocycles. The fourth-order valence-electron chi connectivity index (χ4n) is 2.02. The topological polar surface area (TPSA) is 85.2 Å². The molecule has 20 heavy (non-hydrogen) atoms. The van der Waals surface area contributed by atoms with Crippen LogP contribution >= 0.6 is 11.3 Å². The third-order valence-corrected chi connectivity index (χ3v) is 3.70. The van der Waals surface area contributed by atoms with Crippen molar-refractivity contribution in [3.8, 4) is 0 Å². The van der Waals surface area contributed by atoms with Crippen molar-refractivity contribution in [3.05, 3.63) is 45.9 Å². The number of benzene rings is 1. The van der Waals surface area contributed by atoms with Gasteiger partial charge in [-0.1, -0.05) is 18.2 Å². The minimum Gasteiger partial charge on any atom is -0.398 e. The van der Waals surface area contributed by atoms with E-state index in [1.165, 1.54) is 0 Å². The van der Waals surface area contributed by atoms with E-state index in [-0.39, 0.29) is 12.5 Å². The maximum atomic E-state index is 11.2. The molecule has 0 fully saturated rings. The summed E-state index contributed by atoms with van der Waals surface area (Å²) in [7, 11) is 0. The lowest BCUT2D eigenvalue weighted by atomic mass is 10.1. The Morgan fingerprint density at radius 1 is 1.35 bits per heavy atom. The number of aromatic nitrogens is 1. The van der Waals surface area contributed by atoms with Gasteiger partial charge in [-0.2, -0.15) is 0 Å². The van der Waals surface area contributed by atoms with Gasteiger partial charge >= 0.3 is 0 Å². The van der Waals surface area contributed by atoms with Crippen LogP contribution in [-0.4, -0.2) is 22.3 Å². The number of nitrogens with two attached hydrogens (primary N) is 2. The van der Waals surface area contributed by atoms with Crippen molar-refractivity contribution < 1.29 is 4.79 Å². The van der Waals surface area contributed by atoms with Crippen LogP contribution in [0.1, 0.15) is 16.3 Å². The van der Waals surface area contributed by atoms with E-state index in [1.807, 2.05) is 41.5 Å². The highest BCUT2D eigenvalue weighted by Crippen LogP contribution is 2.16. The summed E-state index contributed by atoms with van der Waals surface area (Å²) in [4.78, 5) is 17.6. The van der Waals surface area contributed by atoms with Crippen LogP contribution in [0.15, 0.2) is 29.6 Å². The van der Waals surface area contributed by atoms with E-state index in [1.54, 1.807) is 11.3 Å². The number of primary amides is 1. The van der Waals surface area contributed by atoms with Crippen molar-refractivity contribution in [1.29, 1.82) is 0 Å². The van der Waals surface area contributed by atoms with Gasteiger partial charge in [-0.25, -0.2) is 4.98 Å². The van der Waals surface area contributed by atoms with Crippen molar-refractivity contribution in [2.75, 3.05) is 12.3 Å². The summed E-state index contributed by atoms with van der Waals surface area (Å²) in [5.41, 5.74) is 13.9. The maximum absolute atomic E-state index is 11.2. The third kappa shape index (κ3) is 4.04. The number of carbonyl (C=O) groups is 1. The standard InChI is InChI=1S/C14H18N4OS/c1-10-17-12(9-20-10)7-18(8-14(16)19)6-11-4-2-3-5-13(11)15/h2-5,9H,6-8,15H2,1H3,(H2,16,19). The zero-order chi connectivity index (χ0) is 14.5. The van der Waals surface area contributed by atoms with Crippen molar-refractivity contribution in [2.24, 2.45) is 5.73 Å². The van der Waals surface area contributed by atoms with E-state index in [2.05, 4.69) is 4.98 Å². The van der Waals surface area contributed by atoms with Gasteiger partial charge in [0.15, 0.2) is 0 Å². The van der Waals surface area contributed by atoms with E-state index in [9.17, 15) is 4.79 Å². The first kappa shape index (κ1) is 14.5. The number of rotatable bonds is 6. The highest BCUT2D eigenvalue weighted by atomic mass is 32.1. The van der Waals surface area contributed by atoms with E-state index < -0.39 is 0 Å². The van der Waals surface area contributed by atoms with Crippen molar-refractivity contribution in [1.82, 2.24) is 9.88 Å². The van der Waals surface area contributed by atoms with Gasteiger partial charge in [-0.05, 0) is 18.6 Å². The lowest BCUT2D eigenvalue weighted by Crippen LogP contribution is -2.33. The zero-order valence-electron chi connectivity index (χ0n) is 11.4. The van der Waals surface area contributed by atoms with Gasteiger partial charge in [0.25, 0.3) is 0 Å². The number of thiazole rings is 1. The Hall–Kier alpha value is -1.92. The number of carbonyl (C=O) groups excluding carboxylic acids is 1. The molecule has 0 aliphatic heterocycles. The summed E-state index contributed by atoms with van der Waals surface area (Å²) in [6.45, 7) is 3.31. The Labute approximate surface area is 122 Å². The highest BCUT2D eigenvalue weighted by molar-refractivity contribution is 7.09. The first-order valence-electron chi connectivity index (χ1n) is 6.29. The molecule has 106 valence electrons. The minimum atomic E-state index is -0.355. The monoisotopic (exact) mass is 290 g/mol. The zero-order valence-corrected chi connectivity index (χ0v) is 12.2. The average molecular weight is 290 g/mol. The first-order chi connectivity index (χ1) is 9.54. The number of nitrogens with zero attached hydrogens (tertiary/aromatic N) is 2. The SMILES string of the molecule is Cc1nc(CN(CC(N)=O)Cc2ccccc2N)cs1. The molecule has 1 amide bonds. The van der Waals surface area contributed by atoms with Gasteiger partial charge in [-0.15, -0.1) is 11.3 Å². The second-order valence-electron chi connectivity index (χ2n) is 4.67. The van der Waals surface area contributed by atoms with Gasteiger partial charge in [0.1, 0.15) is 0 Å². The second kappa shape index (κ2) is 6.49. The van der Waals surface area contributed by atoms with E-state index >= 15 is 0 Å². The molecule has 0 unspecified atom stereocenters. The minimum absolute atomic E-state index is 0.185. The number of aryl methyl sites for hydroxylation is 1. The van der Waals surface area contributed by atoms with Crippen LogP contribution < -0.4 is 11.5 Å². The first-order valence-corrected chi connectivity index (χ1v) is 7.17. The smallest absolute Gasteiger partial charge is 0.231 e. The van der Waals surface area contributed by atoms with Crippen molar-refractivity contribution in [2.45, 2.75) is 20.0 Å². The molecule has 0 radical (unpaired) electrons. The Kier molecular flexibility index (Phi) is 4.70. The molecular weight excluding hydrogens is 272 g/mol. The maximum Gasteiger partial charge on any atom is 0.231 e. The molecule has 5 nitrogen and oxygen atoms in total. The van der Waals surface area contributed by atoms with Gasteiger partial charge in [0.2, 0.25) is 5.91 Å². The Morgan fingerprint density at radius 3 is 2.70 bits per heavy atom. The number of para-hydroxylation sites is 1. The Balaban J connectivity index is 2.11. The van der Waals surface area contributed by atoms with Crippen LogP contribution in [0.5, 0.6) is 0 Å². The van der Waals surface area contributed by atoms with Gasteiger partial charge < -0.3 is 11.5 Å². The predicted octanol–water partition coefficient (Wildman–Crippen LogP) is 1.52. The average Bonchev–Trinajstić information content (AvgIpc) is 2.77. The van der Waals surface area contributed by atoms with Gasteiger partial charge in [-0.3, -0.25) is 9.69 Å². The lowest BCUT2D eigenvalue weighted by molar-refractivity contribution is -0.119. The highest BCUT2D eigenvalue weighted by Gasteiger charge is 2.13. The van der Waals surface area contributed by atoms with E-state index in [4.69, 9.17) is 11.5 Å². The largest absolute Gasteiger partial charge is 0.398 e. The second-order valence-corrected chi connectivity index (χ2v) is 5.73. The summed E-state index contributed by atoms with van der Waals surface area (Å²) in [6, 6.07) is 7.63. The summed E-state index contributed by atoms with van der Waals surface area (Å²) < 4.78 is 0. The molecule has 6 heteroatoms. The van der Waals surface area contributed by atoms with E-state index in [0.717, 1.165) is 22.0 Å². The van der Waals surface area contributed by atoms with Crippen LogP contribution in [0.4, 0.5) is 5.69 Å². The van der Waals surface area contributed by atoms with Crippen LogP contribution in [0.2, 0.25) is 0 Å². The fraction of sp³-hybridized carbons (Fsp3) is 0.286. The fourth-order valence-corrected chi connectivity index (χ4v) is 2.62. The molecule has 2 rings (SSSR count). The molecule has 0 bridgehead atoms. The van der Waals surface area contributed by atoms with Crippen molar-refractivity contribution >= 4 is 22.9 Å². The van der Waals surface area contributed by atoms with Crippen LogP contribution in [-0.2, 0) is 17.9 Å². The quantitative estimate of drug-likeness (QED) is 0.790. The van der Waals surface area contributed by atoms with Crippen LogP contribution in [0.3, 0.4) is 0 Å².